The number of rotatable bonds is 6. The molecule has 0 radical (unpaired) electrons. The van der Waals surface area contributed by atoms with Crippen LogP contribution in [0.1, 0.15) is 11.1 Å². The van der Waals surface area contributed by atoms with Crippen molar-refractivity contribution in [3.63, 3.8) is 0 Å². The molecule has 0 aliphatic rings. The molecule has 118 valence electrons. The lowest BCUT2D eigenvalue weighted by molar-refractivity contribution is 0.0523. The van der Waals surface area contributed by atoms with Crippen molar-refractivity contribution < 1.29 is 14.4 Å². The van der Waals surface area contributed by atoms with Crippen LogP contribution in [0, 0.1) is 0 Å². The summed E-state index contributed by atoms with van der Waals surface area (Å²) in [5, 5.41) is 4.50. The summed E-state index contributed by atoms with van der Waals surface area (Å²) in [5.41, 5.74) is 1.76. The van der Waals surface area contributed by atoms with Gasteiger partial charge in [-0.1, -0.05) is 83.7 Å². The summed E-state index contributed by atoms with van der Waals surface area (Å²) in [5.74, 6) is 0.663. The molecule has 0 aliphatic carbocycles. The number of benzene rings is 2. The van der Waals surface area contributed by atoms with Gasteiger partial charge in [0.2, 0.25) is 0 Å². The third-order valence-corrected chi connectivity index (χ3v) is 3.75. The molecule has 23 heavy (non-hydrogen) atoms. The van der Waals surface area contributed by atoms with Crippen LogP contribution in [0.25, 0.3) is 0 Å². The molecule has 2 aromatic carbocycles. The number of ether oxygens (including phenoxy) is 1. The molecule has 0 saturated carbocycles. The van der Waals surface area contributed by atoms with Crippen molar-refractivity contribution in [3.05, 3.63) is 84.4 Å². The Morgan fingerprint density at radius 2 is 1.74 bits per heavy atom. The van der Waals surface area contributed by atoms with Crippen LogP contribution in [0.3, 0.4) is 0 Å². The summed E-state index contributed by atoms with van der Waals surface area (Å²) in [7, 11) is 0. The van der Waals surface area contributed by atoms with Gasteiger partial charge in [-0.15, -0.1) is 6.58 Å². The molecule has 0 heterocycles. The number of hydrogen-bond donors (Lipinski definition) is 0. The van der Waals surface area contributed by atoms with Gasteiger partial charge in [0.25, 0.3) is 0 Å². The second-order valence-electron chi connectivity index (χ2n) is 4.48. The van der Waals surface area contributed by atoms with E-state index >= 15 is 0 Å². The summed E-state index contributed by atoms with van der Waals surface area (Å²) in [4.78, 5) is 16.5. The van der Waals surface area contributed by atoms with E-state index in [1.165, 1.54) is 11.8 Å². The SMILES string of the molecule is C=CCS/C(=N\OC(=O)OCc1ccccc1)c1ccccc1. The zero-order chi connectivity index (χ0) is 16.3. The van der Waals surface area contributed by atoms with E-state index in [0.717, 1.165) is 11.1 Å². The highest BCUT2D eigenvalue weighted by Crippen LogP contribution is 2.14. The molecule has 0 spiro atoms. The highest BCUT2D eigenvalue weighted by molar-refractivity contribution is 8.14. The van der Waals surface area contributed by atoms with Crippen LogP contribution in [0.2, 0.25) is 0 Å². The van der Waals surface area contributed by atoms with Gasteiger partial charge in [0, 0.05) is 11.3 Å². The topological polar surface area (TPSA) is 47.9 Å². The van der Waals surface area contributed by atoms with Gasteiger partial charge in [0.05, 0.1) is 0 Å². The van der Waals surface area contributed by atoms with E-state index < -0.39 is 6.16 Å². The highest BCUT2D eigenvalue weighted by Gasteiger charge is 2.08. The summed E-state index contributed by atoms with van der Waals surface area (Å²) < 4.78 is 5.02. The fraction of sp³-hybridized carbons (Fsp3) is 0.111. The molecule has 0 atom stereocenters. The third-order valence-electron chi connectivity index (χ3n) is 2.76. The minimum absolute atomic E-state index is 0.148. The van der Waals surface area contributed by atoms with Crippen LogP contribution in [-0.2, 0) is 16.2 Å². The molecule has 5 heteroatoms. The molecule has 0 bridgehead atoms. The number of carbonyl (C=O) groups is 1. The molecule has 0 saturated heterocycles. The first-order valence-electron chi connectivity index (χ1n) is 7.04. The molecular formula is C18H17NO3S. The van der Waals surface area contributed by atoms with Crippen molar-refractivity contribution in [1.82, 2.24) is 0 Å². The third kappa shape index (κ3) is 6.00. The Kier molecular flexibility index (Phi) is 6.94. The van der Waals surface area contributed by atoms with Crippen molar-refractivity contribution in [2.75, 3.05) is 5.75 Å². The Morgan fingerprint density at radius 3 is 2.39 bits per heavy atom. The average molecular weight is 327 g/mol. The van der Waals surface area contributed by atoms with Crippen molar-refractivity contribution in [3.8, 4) is 0 Å². The number of thioether (sulfide) groups is 1. The van der Waals surface area contributed by atoms with Crippen molar-refractivity contribution in [2.45, 2.75) is 6.61 Å². The zero-order valence-corrected chi connectivity index (χ0v) is 13.4. The van der Waals surface area contributed by atoms with Crippen molar-refractivity contribution in [1.29, 1.82) is 0 Å². The van der Waals surface area contributed by atoms with Gasteiger partial charge >= 0.3 is 6.16 Å². The maximum Gasteiger partial charge on any atom is 0.535 e. The van der Waals surface area contributed by atoms with Gasteiger partial charge in [-0.3, -0.25) is 4.84 Å². The fourth-order valence-corrected chi connectivity index (χ4v) is 2.37. The summed E-state index contributed by atoms with van der Waals surface area (Å²) in [6, 6.07) is 18.9. The van der Waals surface area contributed by atoms with E-state index in [9.17, 15) is 4.79 Å². The maximum atomic E-state index is 11.6. The predicted molar refractivity (Wildman–Crippen MR) is 93.3 cm³/mol. The van der Waals surface area contributed by atoms with Gasteiger partial charge in [-0.05, 0) is 5.56 Å². The van der Waals surface area contributed by atoms with Crippen molar-refractivity contribution >= 4 is 23.0 Å². The van der Waals surface area contributed by atoms with Crippen LogP contribution >= 0.6 is 11.8 Å². The molecule has 2 rings (SSSR count). The first-order valence-corrected chi connectivity index (χ1v) is 8.03. The monoisotopic (exact) mass is 327 g/mol. The number of hydrogen-bond acceptors (Lipinski definition) is 5. The molecule has 0 N–H and O–H groups in total. The van der Waals surface area contributed by atoms with Crippen molar-refractivity contribution in [2.24, 2.45) is 5.16 Å². The smallest absolute Gasteiger partial charge is 0.428 e. The summed E-state index contributed by atoms with van der Waals surface area (Å²) >= 11 is 1.43. The number of nitrogens with zero attached hydrogens (tertiary/aromatic N) is 1. The largest absolute Gasteiger partial charge is 0.535 e. The highest BCUT2D eigenvalue weighted by atomic mass is 32.2. The predicted octanol–water partition coefficient (Wildman–Crippen LogP) is 4.62. The second kappa shape index (κ2) is 9.48. The molecule has 0 aromatic heterocycles. The Hall–Kier alpha value is -2.53. The Balaban J connectivity index is 1.93. The minimum atomic E-state index is -0.832. The zero-order valence-electron chi connectivity index (χ0n) is 12.6. The molecule has 0 aliphatic heterocycles. The van der Waals surface area contributed by atoms with Gasteiger partial charge in [0.1, 0.15) is 11.7 Å². The second-order valence-corrected chi connectivity index (χ2v) is 5.49. The van der Waals surface area contributed by atoms with Gasteiger partial charge < -0.3 is 4.74 Å². The van der Waals surface area contributed by atoms with Crippen LogP contribution in [0.5, 0.6) is 0 Å². The quantitative estimate of drug-likeness (QED) is 0.194. The Labute approximate surface area is 139 Å². The average Bonchev–Trinajstić information content (AvgIpc) is 2.61. The van der Waals surface area contributed by atoms with Crippen LogP contribution in [0.4, 0.5) is 4.79 Å². The first-order chi connectivity index (χ1) is 11.3. The van der Waals surface area contributed by atoms with E-state index in [1.54, 1.807) is 6.08 Å². The summed E-state index contributed by atoms with van der Waals surface area (Å²) in [6.07, 6.45) is 0.929. The summed E-state index contributed by atoms with van der Waals surface area (Å²) in [6.45, 7) is 3.82. The first kappa shape index (κ1) is 16.8. The molecule has 2 aromatic rings. The number of oxime groups is 1. The fourth-order valence-electron chi connectivity index (χ4n) is 1.70. The van der Waals surface area contributed by atoms with Crippen LogP contribution in [0.15, 0.2) is 78.5 Å². The van der Waals surface area contributed by atoms with E-state index in [4.69, 9.17) is 9.57 Å². The maximum absolute atomic E-state index is 11.6. The molecule has 4 nitrogen and oxygen atoms in total. The van der Waals surface area contributed by atoms with Crippen LogP contribution < -0.4 is 0 Å². The lowest BCUT2D eigenvalue weighted by Gasteiger charge is -2.05. The van der Waals surface area contributed by atoms with E-state index in [-0.39, 0.29) is 6.61 Å². The lowest BCUT2D eigenvalue weighted by Crippen LogP contribution is -2.06. The van der Waals surface area contributed by atoms with E-state index in [1.807, 2.05) is 60.7 Å². The van der Waals surface area contributed by atoms with Crippen LogP contribution in [-0.4, -0.2) is 17.0 Å². The van der Waals surface area contributed by atoms with E-state index in [2.05, 4.69) is 11.7 Å². The minimum Gasteiger partial charge on any atom is -0.428 e. The normalized spacial score (nSPS) is 10.9. The number of carbonyl (C=O) groups excluding carboxylic acids is 1. The Bertz CT molecular complexity index is 656. The molecule has 0 fully saturated rings. The lowest BCUT2D eigenvalue weighted by atomic mass is 10.2. The molecule has 0 amide bonds. The standard InChI is InChI=1S/C18H17NO3S/c1-2-13-23-17(16-11-7-4-8-12-16)19-22-18(20)21-14-15-9-5-3-6-10-15/h2-12H,1,13-14H2/b19-17-. The van der Waals surface area contributed by atoms with Gasteiger partial charge in [0.15, 0.2) is 0 Å². The Morgan fingerprint density at radius 1 is 1.09 bits per heavy atom. The van der Waals surface area contributed by atoms with Gasteiger partial charge in [-0.25, -0.2) is 4.79 Å². The van der Waals surface area contributed by atoms with Gasteiger partial charge in [-0.2, -0.15) is 0 Å². The van der Waals surface area contributed by atoms with E-state index in [0.29, 0.717) is 10.8 Å². The molecule has 0 unspecified atom stereocenters. The molecular weight excluding hydrogens is 310 g/mol.